The number of anilines is 1. The van der Waals surface area contributed by atoms with Crippen molar-refractivity contribution in [3.63, 3.8) is 0 Å². The van der Waals surface area contributed by atoms with E-state index in [1.54, 1.807) is 6.20 Å². The molecule has 0 radical (unpaired) electrons. The van der Waals surface area contributed by atoms with E-state index in [4.69, 9.17) is 0 Å². The Morgan fingerprint density at radius 3 is 2.84 bits per heavy atom. The molecule has 100 valence electrons. The zero-order valence-corrected chi connectivity index (χ0v) is 11.1. The average molecular weight is 260 g/mol. The second kappa shape index (κ2) is 6.24. The van der Waals surface area contributed by atoms with Gasteiger partial charge in [-0.25, -0.2) is 9.37 Å². The second-order valence-electron chi connectivity index (χ2n) is 4.34. The quantitative estimate of drug-likeness (QED) is 0.892. The Morgan fingerprint density at radius 2 is 2.16 bits per heavy atom. The van der Waals surface area contributed by atoms with Crippen LogP contribution in [0.3, 0.4) is 0 Å². The Balaban J connectivity index is 2.20. The molecule has 2 aromatic heterocycles. The van der Waals surface area contributed by atoms with Gasteiger partial charge < -0.3 is 10.2 Å². The van der Waals surface area contributed by atoms with E-state index < -0.39 is 0 Å². The normalized spacial score (nSPS) is 10.5. The third kappa shape index (κ3) is 3.48. The molecule has 2 heterocycles. The van der Waals surface area contributed by atoms with Gasteiger partial charge in [-0.1, -0.05) is 6.07 Å². The molecular weight excluding hydrogens is 243 g/mol. The monoisotopic (exact) mass is 260 g/mol. The molecule has 0 saturated carbocycles. The largest absolute Gasteiger partial charge is 0.354 e. The number of rotatable bonds is 5. The summed E-state index contributed by atoms with van der Waals surface area (Å²) in [7, 11) is 3.75. The average Bonchev–Trinajstić information content (AvgIpc) is 2.40. The number of hydrogen-bond acceptors (Lipinski definition) is 4. The highest BCUT2D eigenvalue weighted by Gasteiger charge is 2.10. The highest BCUT2D eigenvalue weighted by Crippen LogP contribution is 2.18. The molecule has 2 rings (SSSR count). The topological polar surface area (TPSA) is 41.1 Å². The zero-order valence-electron chi connectivity index (χ0n) is 11.1. The van der Waals surface area contributed by atoms with Crippen LogP contribution in [0.25, 0.3) is 0 Å². The third-order valence-electron chi connectivity index (χ3n) is 2.76. The van der Waals surface area contributed by atoms with Crippen LogP contribution in [-0.4, -0.2) is 24.1 Å². The minimum absolute atomic E-state index is 0.319. The first-order chi connectivity index (χ1) is 9.20. The summed E-state index contributed by atoms with van der Waals surface area (Å²) in [6.45, 7) is 1.21. The van der Waals surface area contributed by atoms with Crippen LogP contribution in [0.5, 0.6) is 0 Å². The van der Waals surface area contributed by atoms with E-state index in [1.807, 2.05) is 37.2 Å². The summed E-state index contributed by atoms with van der Waals surface area (Å²) in [5.41, 5.74) is 1.78. The molecule has 19 heavy (non-hydrogen) atoms. The number of hydrogen-bond donors (Lipinski definition) is 1. The van der Waals surface area contributed by atoms with Crippen molar-refractivity contribution in [3.05, 3.63) is 53.7 Å². The number of nitrogens with one attached hydrogen (secondary N) is 1. The lowest BCUT2D eigenvalue weighted by molar-refractivity contribution is 0.615. The van der Waals surface area contributed by atoms with Gasteiger partial charge in [0.15, 0.2) is 0 Å². The molecule has 5 heteroatoms. The lowest BCUT2D eigenvalue weighted by atomic mass is 10.2. The first-order valence-electron chi connectivity index (χ1n) is 6.11. The zero-order chi connectivity index (χ0) is 13.7. The van der Waals surface area contributed by atoms with Crippen LogP contribution in [0.4, 0.5) is 10.2 Å². The van der Waals surface area contributed by atoms with Crippen LogP contribution < -0.4 is 10.2 Å². The Bertz CT molecular complexity index is 530. The van der Waals surface area contributed by atoms with Crippen LogP contribution in [0.2, 0.25) is 0 Å². The molecule has 0 unspecified atom stereocenters. The highest BCUT2D eigenvalue weighted by atomic mass is 19.1. The number of nitrogens with zero attached hydrogens (tertiary/aromatic N) is 3. The van der Waals surface area contributed by atoms with Crippen molar-refractivity contribution in [3.8, 4) is 0 Å². The van der Waals surface area contributed by atoms with E-state index in [0.29, 0.717) is 13.1 Å². The van der Waals surface area contributed by atoms with E-state index in [1.165, 1.54) is 12.3 Å². The van der Waals surface area contributed by atoms with Gasteiger partial charge in [0.2, 0.25) is 0 Å². The summed E-state index contributed by atoms with van der Waals surface area (Å²) < 4.78 is 13.2. The van der Waals surface area contributed by atoms with Crippen molar-refractivity contribution in [2.24, 2.45) is 0 Å². The molecule has 0 spiro atoms. The lowest BCUT2D eigenvalue weighted by Gasteiger charge is -2.20. The third-order valence-corrected chi connectivity index (χ3v) is 2.76. The predicted molar refractivity (Wildman–Crippen MR) is 73.3 cm³/mol. The molecule has 0 aromatic carbocycles. The van der Waals surface area contributed by atoms with Crippen molar-refractivity contribution in [2.45, 2.75) is 13.1 Å². The van der Waals surface area contributed by atoms with Gasteiger partial charge in [-0.05, 0) is 25.2 Å². The van der Waals surface area contributed by atoms with E-state index in [9.17, 15) is 4.39 Å². The maximum Gasteiger partial charge on any atom is 0.141 e. The van der Waals surface area contributed by atoms with Gasteiger partial charge in [0.05, 0.1) is 18.4 Å². The molecule has 0 amide bonds. The van der Waals surface area contributed by atoms with Gasteiger partial charge in [0.25, 0.3) is 0 Å². The van der Waals surface area contributed by atoms with Gasteiger partial charge in [0.1, 0.15) is 11.6 Å². The number of halogens is 1. The smallest absolute Gasteiger partial charge is 0.141 e. The minimum Gasteiger partial charge on any atom is -0.354 e. The Kier molecular flexibility index (Phi) is 4.41. The van der Waals surface area contributed by atoms with Gasteiger partial charge in [-0.15, -0.1) is 0 Å². The number of aromatic nitrogens is 2. The van der Waals surface area contributed by atoms with Crippen molar-refractivity contribution in [2.75, 3.05) is 19.0 Å². The van der Waals surface area contributed by atoms with Crippen LogP contribution in [-0.2, 0) is 13.1 Å². The van der Waals surface area contributed by atoms with Crippen molar-refractivity contribution < 1.29 is 4.39 Å². The molecule has 0 atom stereocenters. The standard InChI is InChI=1S/C14H17FN4/c1-16-8-11-7-12(15)9-18-14(11)19(2)10-13-5-3-4-6-17-13/h3-7,9,16H,8,10H2,1-2H3. The summed E-state index contributed by atoms with van der Waals surface area (Å²) in [6.07, 6.45) is 3.00. The van der Waals surface area contributed by atoms with E-state index >= 15 is 0 Å². The fraction of sp³-hybridized carbons (Fsp3) is 0.286. The van der Waals surface area contributed by atoms with Crippen LogP contribution in [0.1, 0.15) is 11.3 Å². The summed E-state index contributed by atoms with van der Waals surface area (Å²) in [6, 6.07) is 7.29. The maximum absolute atomic E-state index is 13.2. The van der Waals surface area contributed by atoms with E-state index in [2.05, 4.69) is 15.3 Å². The molecule has 1 N–H and O–H groups in total. The van der Waals surface area contributed by atoms with Crippen LogP contribution >= 0.6 is 0 Å². The number of pyridine rings is 2. The molecule has 0 aliphatic rings. The summed E-state index contributed by atoms with van der Waals surface area (Å²) in [4.78, 5) is 10.4. The molecule has 0 aliphatic heterocycles. The first kappa shape index (κ1) is 13.4. The fourth-order valence-corrected chi connectivity index (χ4v) is 1.95. The SMILES string of the molecule is CNCc1cc(F)cnc1N(C)Cc1ccccn1. The molecule has 0 saturated heterocycles. The molecule has 4 nitrogen and oxygen atoms in total. The fourth-order valence-electron chi connectivity index (χ4n) is 1.95. The molecule has 2 aromatic rings. The van der Waals surface area contributed by atoms with Gasteiger partial charge >= 0.3 is 0 Å². The molecular formula is C14H17FN4. The lowest BCUT2D eigenvalue weighted by Crippen LogP contribution is -2.21. The van der Waals surface area contributed by atoms with Crippen LogP contribution in [0.15, 0.2) is 36.7 Å². The van der Waals surface area contributed by atoms with Gasteiger partial charge in [-0.3, -0.25) is 4.98 Å². The maximum atomic E-state index is 13.2. The van der Waals surface area contributed by atoms with E-state index in [-0.39, 0.29) is 5.82 Å². The van der Waals surface area contributed by atoms with Crippen molar-refractivity contribution >= 4 is 5.82 Å². The molecule has 0 fully saturated rings. The molecule has 0 bridgehead atoms. The minimum atomic E-state index is -0.319. The van der Waals surface area contributed by atoms with Crippen LogP contribution in [0, 0.1) is 5.82 Å². The van der Waals surface area contributed by atoms with Crippen molar-refractivity contribution in [1.29, 1.82) is 0 Å². The summed E-state index contributed by atoms with van der Waals surface area (Å²) in [5.74, 6) is 0.446. The van der Waals surface area contributed by atoms with Gasteiger partial charge in [0, 0.05) is 25.4 Å². The summed E-state index contributed by atoms with van der Waals surface area (Å²) >= 11 is 0. The predicted octanol–water partition coefficient (Wildman–Crippen LogP) is 1.97. The first-order valence-corrected chi connectivity index (χ1v) is 6.11. The Labute approximate surface area is 112 Å². The van der Waals surface area contributed by atoms with Gasteiger partial charge in [-0.2, -0.15) is 0 Å². The summed E-state index contributed by atoms with van der Waals surface area (Å²) in [5, 5.41) is 3.02. The van der Waals surface area contributed by atoms with Crippen molar-refractivity contribution in [1.82, 2.24) is 15.3 Å². The second-order valence-corrected chi connectivity index (χ2v) is 4.34. The highest BCUT2D eigenvalue weighted by molar-refractivity contribution is 5.46. The Morgan fingerprint density at radius 1 is 1.32 bits per heavy atom. The van der Waals surface area contributed by atoms with E-state index in [0.717, 1.165) is 17.1 Å². The molecule has 0 aliphatic carbocycles. The Hall–Kier alpha value is -2.01.